The third-order valence-corrected chi connectivity index (χ3v) is 3.00. The van der Waals surface area contributed by atoms with Crippen LogP contribution in [0.15, 0.2) is 18.2 Å². The van der Waals surface area contributed by atoms with Crippen LogP contribution >= 0.6 is 0 Å². The first-order valence-electron chi connectivity index (χ1n) is 5.94. The van der Waals surface area contributed by atoms with Crippen molar-refractivity contribution in [3.63, 3.8) is 0 Å². The molecule has 0 heterocycles. The molecule has 1 aromatic carbocycles. The van der Waals surface area contributed by atoms with E-state index >= 15 is 0 Å². The van der Waals surface area contributed by atoms with Gasteiger partial charge in [-0.05, 0) is 30.9 Å². The topological polar surface area (TPSA) is 59.3 Å². The van der Waals surface area contributed by atoms with E-state index in [0.717, 1.165) is 6.61 Å². The van der Waals surface area contributed by atoms with Gasteiger partial charge in [-0.1, -0.05) is 0 Å². The lowest BCUT2D eigenvalue weighted by molar-refractivity contribution is -0.108. The lowest BCUT2D eigenvalue weighted by atomic mass is 10.0. The normalized spacial score (nSPS) is 15.6. The molecule has 0 bridgehead atoms. The summed E-state index contributed by atoms with van der Waals surface area (Å²) < 4.78 is 10.8. The van der Waals surface area contributed by atoms with E-state index in [0.29, 0.717) is 29.3 Å². The number of benzene rings is 1. The highest BCUT2D eigenvalue weighted by molar-refractivity contribution is 5.69. The van der Waals surface area contributed by atoms with E-state index in [9.17, 15) is 4.79 Å². The van der Waals surface area contributed by atoms with Gasteiger partial charge in [0.25, 0.3) is 0 Å². The second-order valence-corrected chi connectivity index (χ2v) is 4.40. The minimum atomic E-state index is -0.794. The largest absolute Gasteiger partial charge is 0.496 e. The molecule has 4 heteroatoms. The number of rotatable bonds is 6. The summed E-state index contributed by atoms with van der Waals surface area (Å²) in [5.41, 5.74) is 0.578. The van der Waals surface area contributed by atoms with Crippen molar-refractivity contribution in [1.29, 1.82) is 5.26 Å². The fraction of sp³-hybridized carbons (Fsp3) is 0.429. The van der Waals surface area contributed by atoms with Crippen molar-refractivity contribution in [3.05, 3.63) is 23.8 Å². The summed E-state index contributed by atoms with van der Waals surface area (Å²) in [5.74, 6) is 1.11. The number of hydrogen-bond donors (Lipinski definition) is 0. The van der Waals surface area contributed by atoms with Gasteiger partial charge in [0.2, 0.25) is 0 Å². The maximum atomic E-state index is 10.8. The molecule has 1 aromatic rings. The van der Waals surface area contributed by atoms with Crippen LogP contribution in [-0.2, 0) is 4.79 Å². The Balaban J connectivity index is 2.16. The molecule has 1 saturated carbocycles. The molecule has 0 aliphatic heterocycles. The maximum absolute atomic E-state index is 10.8. The van der Waals surface area contributed by atoms with E-state index in [2.05, 4.69) is 0 Å². The summed E-state index contributed by atoms with van der Waals surface area (Å²) in [5, 5.41) is 8.89. The molecule has 0 N–H and O–H groups in total. The van der Waals surface area contributed by atoms with Gasteiger partial charge in [0.05, 0.1) is 19.8 Å². The van der Waals surface area contributed by atoms with Gasteiger partial charge in [0, 0.05) is 11.6 Å². The summed E-state index contributed by atoms with van der Waals surface area (Å²) in [6.45, 7) is 0.720. The maximum Gasteiger partial charge on any atom is 0.141 e. The van der Waals surface area contributed by atoms with Crippen molar-refractivity contribution in [2.45, 2.75) is 18.8 Å². The summed E-state index contributed by atoms with van der Waals surface area (Å²) in [6.07, 6.45) is 3.08. The third kappa shape index (κ3) is 2.80. The Morgan fingerprint density at radius 1 is 1.56 bits per heavy atom. The van der Waals surface area contributed by atoms with Gasteiger partial charge in [-0.2, -0.15) is 5.26 Å². The van der Waals surface area contributed by atoms with Crippen molar-refractivity contribution in [3.8, 4) is 17.6 Å². The predicted octanol–water partition coefficient (Wildman–Crippen LogP) is 2.29. The van der Waals surface area contributed by atoms with Crippen LogP contribution in [0.4, 0.5) is 0 Å². The molecule has 1 atom stereocenters. The van der Waals surface area contributed by atoms with Gasteiger partial charge in [-0.3, -0.25) is 0 Å². The predicted molar refractivity (Wildman–Crippen MR) is 65.6 cm³/mol. The van der Waals surface area contributed by atoms with Gasteiger partial charge in [0.1, 0.15) is 23.7 Å². The molecule has 0 amide bonds. The number of methoxy groups -OCH3 is 1. The Morgan fingerprint density at radius 2 is 2.33 bits per heavy atom. The lowest BCUT2D eigenvalue weighted by Crippen LogP contribution is -2.03. The van der Waals surface area contributed by atoms with Crippen molar-refractivity contribution in [2.75, 3.05) is 13.7 Å². The van der Waals surface area contributed by atoms with E-state index in [-0.39, 0.29) is 0 Å². The van der Waals surface area contributed by atoms with E-state index in [1.54, 1.807) is 18.2 Å². The van der Waals surface area contributed by atoms with Gasteiger partial charge in [-0.25, -0.2) is 0 Å². The standard InChI is InChI=1S/C14H15NO3/c1-17-14-6-12(18-9-10-2-3-10)4-5-13(14)11(7-15)8-16/h4-6,8,10-11H,2-3,9H2,1H3/t11-/m0/s1. The minimum Gasteiger partial charge on any atom is -0.496 e. The van der Waals surface area contributed by atoms with Crippen LogP contribution < -0.4 is 9.47 Å². The molecule has 0 aromatic heterocycles. The van der Waals surface area contributed by atoms with Crippen LogP contribution in [-0.4, -0.2) is 20.0 Å². The fourth-order valence-electron chi connectivity index (χ4n) is 1.71. The van der Waals surface area contributed by atoms with Crippen molar-refractivity contribution in [2.24, 2.45) is 5.92 Å². The molecule has 2 rings (SSSR count). The average Bonchev–Trinajstić information content (AvgIpc) is 3.22. The van der Waals surface area contributed by atoms with Gasteiger partial charge < -0.3 is 14.3 Å². The smallest absolute Gasteiger partial charge is 0.141 e. The number of carbonyl (C=O) groups excluding carboxylic acids is 1. The summed E-state index contributed by atoms with van der Waals surface area (Å²) in [6, 6.07) is 7.14. The average molecular weight is 245 g/mol. The third-order valence-electron chi connectivity index (χ3n) is 3.00. The quantitative estimate of drug-likeness (QED) is 0.721. The Morgan fingerprint density at radius 3 is 2.89 bits per heavy atom. The summed E-state index contributed by atoms with van der Waals surface area (Å²) in [7, 11) is 1.52. The number of carbonyl (C=O) groups is 1. The molecule has 1 aliphatic carbocycles. The number of hydrogen-bond acceptors (Lipinski definition) is 4. The molecular formula is C14H15NO3. The Bertz CT molecular complexity index is 474. The van der Waals surface area contributed by atoms with Crippen molar-refractivity contribution < 1.29 is 14.3 Å². The molecule has 18 heavy (non-hydrogen) atoms. The van der Waals surface area contributed by atoms with Gasteiger partial charge in [0.15, 0.2) is 0 Å². The van der Waals surface area contributed by atoms with Crippen LogP contribution in [0.25, 0.3) is 0 Å². The monoisotopic (exact) mass is 245 g/mol. The first-order chi connectivity index (χ1) is 8.78. The molecule has 1 fully saturated rings. The van der Waals surface area contributed by atoms with Crippen molar-refractivity contribution >= 4 is 6.29 Å². The molecule has 0 spiro atoms. The van der Waals surface area contributed by atoms with Gasteiger partial charge >= 0.3 is 0 Å². The van der Waals surface area contributed by atoms with Crippen LogP contribution in [0.2, 0.25) is 0 Å². The number of nitriles is 1. The van der Waals surface area contributed by atoms with E-state index in [1.165, 1.54) is 20.0 Å². The Labute approximate surface area is 106 Å². The first kappa shape index (κ1) is 12.4. The zero-order valence-corrected chi connectivity index (χ0v) is 10.3. The highest BCUT2D eigenvalue weighted by Crippen LogP contribution is 2.32. The van der Waals surface area contributed by atoms with Crippen LogP contribution in [0.3, 0.4) is 0 Å². The van der Waals surface area contributed by atoms with Crippen LogP contribution in [0.1, 0.15) is 24.3 Å². The first-order valence-corrected chi connectivity index (χ1v) is 5.94. The lowest BCUT2D eigenvalue weighted by Gasteiger charge is -2.12. The molecule has 1 aliphatic rings. The SMILES string of the molecule is COc1cc(OCC2CC2)ccc1[C@@H](C#N)C=O. The molecule has 4 nitrogen and oxygen atoms in total. The molecule has 0 saturated heterocycles. The zero-order chi connectivity index (χ0) is 13.0. The van der Waals surface area contributed by atoms with Crippen LogP contribution in [0.5, 0.6) is 11.5 Å². The van der Waals surface area contributed by atoms with E-state index in [1.807, 2.05) is 6.07 Å². The molecule has 0 unspecified atom stereocenters. The van der Waals surface area contributed by atoms with E-state index < -0.39 is 5.92 Å². The number of aldehydes is 1. The van der Waals surface area contributed by atoms with Gasteiger partial charge in [-0.15, -0.1) is 0 Å². The zero-order valence-electron chi connectivity index (χ0n) is 10.3. The van der Waals surface area contributed by atoms with Crippen molar-refractivity contribution in [1.82, 2.24) is 0 Å². The highest BCUT2D eigenvalue weighted by atomic mass is 16.5. The highest BCUT2D eigenvalue weighted by Gasteiger charge is 2.22. The molecular weight excluding hydrogens is 230 g/mol. The summed E-state index contributed by atoms with van der Waals surface area (Å²) in [4.78, 5) is 10.8. The summed E-state index contributed by atoms with van der Waals surface area (Å²) >= 11 is 0. The van der Waals surface area contributed by atoms with Crippen LogP contribution in [0, 0.1) is 17.2 Å². The number of ether oxygens (including phenoxy) is 2. The molecule has 0 radical (unpaired) electrons. The molecule has 94 valence electrons. The fourth-order valence-corrected chi connectivity index (χ4v) is 1.71. The Hall–Kier alpha value is -2.02. The van der Waals surface area contributed by atoms with E-state index in [4.69, 9.17) is 14.7 Å². The number of nitrogens with zero attached hydrogens (tertiary/aromatic N) is 1. The minimum absolute atomic E-state index is 0.516. The Kier molecular flexibility index (Phi) is 3.83. The second kappa shape index (κ2) is 5.54. The second-order valence-electron chi connectivity index (χ2n) is 4.40.